The van der Waals surface area contributed by atoms with E-state index in [0.29, 0.717) is 24.8 Å². The summed E-state index contributed by atoms with van der Waals surface area (Å²) in [5.74, 6) is 0.625. The molecule has 1 N–H and O–H groups in total. The Labute approximate surface area is 187 Å². The van der Waals surface area contributed by atoms with Crippen molar-refractivity contribution in [1.82, 2.24) is 10.2 Å². The van der Waals surface area contributed by atoms with Crippen LogP contribution in [-0.2, 0) is 16.1 Å². The highest BCUT2D eigenvalue weighted by Gasteiger charge is 2.26. The van der Waals surface area contributed by atoms with Gasteiger partial charge in [0.05, 0.1) is 0 Å². The maximum atomic E-state index is 13.1. The van der Waals surface area contributed by atoms with Crippen molar-refractivity contribution in [1.29, 1.82) is 0 Å². The Morgan fingerprint density at radius 1 is 1.07 bits per heavy atom. The minimum atomic E-state index is -0.609. The number of carbonyl (C=O) groups excluding carboxylic acids is 2. The summed E-state index contributed by atoms with van der Waals surface area (Å²) >= 11 is 3.43. The van der Waals surface area contributed by atoms with Crippen LogP contribution in [-0.4, -0.2) is 35.9 Å². The van der Waals surface area contributed by atoms with Crippen molar-refractivity contribution in [2.24, 2.45) is 5.92 Å². The number of benzene rings is 2. The van der Waals surface area contributed by atoms with E-state index in [9.17, 15) is 9.59 Å². The average molecular weight is 475 g/mol. The Hall–Kier alpha value is -2.34. The summed E-state index contributed by atoms with van der Waals surface area (Å²) in [6.07, 6.45) is 0. The molecule has 0 unspecified atom stereocenters. The molecule has 0 aromatic heterocycles. The molecule has 162 valence electrons. The first-order valence-corrected chi connectivity index (χ1v) is 11.0. The summed E-state index contributed by atoms with van der Waals surface area (Å²) < 4.78 is 6.78. The van der Waals surface area contributed by atoms with E-state index in [2.05, 4.69) is 21.2 Å². The maximum absolute atomic E-state index is 13.1. The molecule has 0 fully saturated rings. The zero-order valence-corrected chi connectivity index (χ0v) is 20.0. The first-order valence-electron chi connectivity index (χ1n) is 10.2. The zero-order valence-electron chi connectivity index (χ0n) is 18.4. The highest BCUT2D eigenvalue weighted by molar-refractivity contribution is 9.10. The summed E-state index contributed by atoms with van der Waals surface area (Å²) in [6, 6.07) is 13.0. The third-order valence-electron chi connectivity index (χ3n) is 4.81. The van der Waals surface area contributed by atoms with E-state index in [4.69, 9.17) is 4.74 Å². The van der Waals surface area contributed by atoms with Crippen LogP contribution >= 0.6 is 15.9 Å². The molecule has 0 heterocycles. The van der Waals surface area contributed by atoms with Crippen LogP contribution in [0.2, 0.25) is 0 Å². The maximum Gasteiger partial charge on any atom is 0.261 e. The van der Waals surface area contributed by atoms with Crippen molar-refractivity contribution in [3.63, 3.8) is 0 Å². The number of aryl methyl sites for hydroxylation is 2. The number of ether oxygens (including phenoxy) is 1. The van der Waals surface area contributed by atoms with Crippen LogP contribution in [0.3, 0.4) is 0 Å². The number of nitrogens with zero attached hydrogens (tertiary/aromatic N) is 1. The van der Waals surface area contributed by atoms with Crippen molar-refractivity contribution in [3.05, 3.63) is 63.6 Å². The molecule has 0 bridgehead atoms. The van der Waals surface area contributed by atoms with Crippen LogP contribution in [0.25, 0.3) is 0 Å². The van der Waals surface area contributed by atoms with E-state index in [1.54, 1.807) is 11.8 Å². The minimum Gasteiger partial charge on any atom is -0.483 e. The van der Waals surface area contributed by atoms with Gasteiger partial charge in [0.25, 0.3) is 5.91 Å². The molecule has 2 amide bonds. The van der Waals surface area contributed by atoms with Crippen LogP contribution in [0.4, 0.5) is 0 Å². The molecular weight excluding hydrogens is 444 g/mol. The molecule has 30 heavy (non-hydrogen) atoms. The number of amides is 2. The summed E-state index contributed by atoms with van der Waals surface area (Å²) in [5.41, 5.74) is 2.98. The van der Waals surface area contributed by atoms with Gasteiger partial charge in [-0.25, -0.2) is 0 Å². The van der Waals surface area contributed by atoms with Crippen LogP contribution in [0.5, 0.6) is 5.75 Å². The monoisotopic (exact) mass is 474 g/mol. The third kappa shape index (κ3) is 7.17. The molecule has 0 aliphatic carbocycles. The molecule has 0 saturated heterocycles. The first kappa shape index (κ1) is 23.9. The quantitative estimate of drug-likeness (QED) is 0.575. The summed E-state index contributed by atoms with van der Waals surface area (Å²) in [4.78, 5) is 27.3. The molecule has 0 saturated carbocycles. The summed E-state index contributed by atoms with van der Waals surface area (Å²) in [6.45, 7) is 10.5. The van der Waals surface area contributed by atoms with Crippen molar-refractivity contribution in [2.75, 3.05) is 13.2 Å². The number of rotatable bonds is 9. The molecule has 6 heteroatoms. The van der Waals surface area contributed by atoms with Crippen LogP contribution in [0.15, 0.2) is 46.9 Å². The highest BCUT2D eigenvalue weighted by atomic mass is 79.9. The smallest absolute Gasteiger partial charge is 0.261 e. The average Bonchev–Trinajstić information content (AvgIpc) is 2.71. The standard InChI is InChI=1S/C24H31BrN2O3/c1-16(2)13-26-24(29)19(5)27(14-20-8-10-21(25)11-9-20)23(28)15-30-22-12-17(3)6-7-18(22)4/h6-12,16,19H,13-15H2,1-5H3,(H,26,29)/t19-/m0/s1. The second-order valence-electron chi connectivity index (χ2n) is 8.02. The van der Waals surface area contributed by atoms with Gasteiger partial charge in [-0.05, 0) is 61.6 Å². The van der Waals surface area contributed by atoms with Crippen molar-refractivity contribution >= 4 is 27.7 Å². The lowest BCUT2D eigenvalue weighted by Crippen LogP contribution is -2.49. The SMILES string of the molecule is Cc1ccc(C)c(OCC(=O)N(Cc2ccc(Br)cc2)[C@@H](C)C(=O)NCC(C)C)c1. The van der Waals surface area contributed by atoms with Gasteiger partial charge in [0.2, 0.25) is 5.91 Å². The van der Waals surface area contributed by atoms with Crippen molar-refractivity contribution in [2.45, 2.75) is 47.2 Å². The number of hydrogen-bond donors (Lipinski definition) is 1. The molecule has 0 radical (unpaired) electrons. The van der Waals surface area contributed by atoms with E-state index >= 15 is 0 Å². The van der Waals surface area contributed by atoms with Gasteiger partial charge in [0.1, 0.15) is 11.8 Å². The van der Waals surface area contributed by atoms with Gasteiger partial charge < -0.3 is 15.0 Å². The number of nitrogens with one attached hydrogen (secondary N) is 1. The first-order chi connectivity index (χ1) is 14.2. The van der Waals surface area contributed by atoms with E-state index in [-0.39, 0.29) is 18.4 Å². The lowest BCUT2D eigenvalue weighted by atomic mass is 10.1. The number of halogens is 1. The molecular formula is C24H31BrN2O3. The van der Waals surface area contributed by atoms with Gasteiger partial charge in [0.15, 0.2) is 6.61 Å². The Morgan fingerprint density at radius 3 is 2.37 bits per heavy atom. The van der Waals surface area contributed by atoms with Crippen molar-refractivity contribution in [3.8, 4) is 5.75 Å². The van der Waals surface area contributed by atoms with Gasteiger partial charge in [-0.3, -0.25) is 9.59 Å². The van der Waals surface area contributed by atoms with E-state index < -0.39 is 6.04 Å². The molecule has 2 aromatic rings. The largest absolute Gasteiger partial charge is 0.483 e. The van der Waals surface area contributed by atoms with Gasteiger partial charge in [0, 0.05) is 17.6 Å². The predicted octanol–water partition coefficient (Wildman–Crippen LogP) is 4.63. The zero-order chi connectivity index (χ0) is 22.3. The number of carbonyl (C=O) groups is 2. The lowest BCUT2D eigenvalue weighted by molar-refractivity contribution is -0.142. The van der Waals surface area contributed by atoms with E-state index in [0.717, 1.165) is 21.2 Å². The molecule has 0 spiro atoms. The molecule has 0 aliphatic rings. The van der Waals surface area contributed by atoms with Crippen LogP contribution in [0, 0.1) is 19.8 Å². The number of hydrogen-bond acceptors (Lipinski definition) is 3. The van der Waals surface area contributed by atoms with E-state index in [1.165, 1.54) is 0 Å². The van der Waals surface area contributed by atoms with Gasteiger partial charge >= 0.3 is 0 Å². The fourth-order valence-electron chi connectivity index (χ4n) is 2.91. The Bertz CT molecular complexity index is 865. The summed E-state index contributed by atoms with van der Waals surface area (Å²) in [5, 5.41) is 2.92. The molecule has 0 aliphatic heterocycles. The van der Waals surface area contributed by atoms with Crippen LogP contribution < -0.4 is 10.1 Å². The van der Waals surface area contributed by atoms with Gasteiger partial charge in [-0.15, -0.1) is 0 Å². The molecule has 2 aromatic carbocycles. The minimum absolute atomic E-state index is 0.122. The highest BCUT2D eigenvalue weighted by Crippen LogP contribution is 2.20. The lowest BCUT2D eigenvalue weighted by Gasteiger charge is -2.29. The van der Waals surface area contributed by atoms with Crippen LogP contribution in [0.1, 0.15) is 37.5 Å². The fourth-order valence-corrected chi connectivity index (χ4v) is 3.17. The Morgan fingerprint density at radius 2 is 1.73 bits per heavy atom. The molecule has 5 nitrogen and oxygen atoms in total. The Balaban J connectivity index is 2.15. The normalized spacial score (nSPS) is 11.8. The third-order valence-corrected chi connectivity index (χ3v) is 5.34. The predicted molar refractivity (Wildman–Crippen MR) is 123 cm³/mol. The van der Waals surface area contributed by atoms with E-state index in [1.807, 2.05) is 70.2 Å². The van der Waals surface area contributed by atoms with Gasteiger partial charge in [-0.2, -0.15) is 0 Å². The summed E-state index contributed by atoms with van der Waals surface area (Å²) in [7, 11) is 0. The second kappa shape index (κ2) is 11.2. The Kier molecular flexibility index (Phi) is 8.90. The van der Waals surface area contributed by atoms with Crippen molar-refractivity contribution < 1.29 is 14.3 Å². The second-order valence-corrected chi connectivity index (χ2v) is 8.94. The molecule has 2 rings (SSSR count). The fraction of sp³-hybridized carbons (Fsp3) is 0.417. The molecule has 1 atom stereocenters. The van der Waals surface area contributed by atoms with Gasteiger partial charge in [-0.1, -0.05) is 54.0 Å². The topological polar surface area (TPSA) is 58.6 Å².